The zero-order valence-electron chi connectivity index (χ0n) is 32.5. The van der Waals surface area contributed by atoms with Gasteiger partial charge in [-0.1, -0.05) is 60.6 Å². The first-order valence-corrected chi connectivity index (χ1v) is 20.6. The molecule has 49 heavy (non-hydrogen) atoms. The third kappa shape index (κ3) is 4.43. The van der Waals surface area contributed by atoms with Crippen LogP contribution in [0.2, 0.25) is 0 Å². The number of hydrogen-bond acceptors (Lipinski definition) is 4. The molecule has 7 aliphatic rings. The van der Waals surface area contributed by atoms with Crippen LogP contribution in [-0.2, 0) is 4.79 Å². The summed E-state index contributed by atoms with van der Waals surface area (Å²) in [7, 11) is 0. The van der Waals surface area contributed by atoms with Gasteiger partial charge < -0.3 is 14.6 Å². The highest BCUT2D eigenvalue weighted by molar-refractivity contribution is 5.85. The van der Waals surface area contributed by atoms with Gasteiger partial charge in [-0.25, -0.2) is 0 Å². The molecule has 272 valence electrons. The van der Waals surface area contributed by atoms with E-state index in [1.807, 2.05) is 0 Å². The maximum Gasteiger partial charge on any atom is 0.229 e. The number of amides is 1. The van der Waals surface area contributed by atoms with E-state index in [0.717, 1.165) is 69.4 Å². The molecule has 5 aliphatic carbocycles. The lowest BCUT2D eigenvalue weighted by Gasteiger charge is -2.73. The second kappa shape index (κ2) is 11.2. The molecule has 1 N–H and O–H groups in total. The second-order valence-electron chi connectivity index (χ2n) is 20.6. The predicted molar refractivity (Wildman–Crippen MR) is 196 cm³/mol. The number of fused-ring (bicyclic) bond motifs is 9. The van der Waals surface area contributed by atoms with Crippen molar-refractivity contribution >= 4 is 5.91 Å². The summed E-state index contributed by atoms with van der Waals surface area (Å²) in [6, 6.07) is 1.05. The van der Waals surface area contributed by atoms with E-state index < -0.39 is 0 Å². The largest absolute Gasteiger partial charge is 0.393 e. The zero-order chi connectivity index (χ0) is 35.1. The molecule has 7 fully saturated rings. The second-order valence-corrected chi connectivity index (χ2v) is 20.6. The van der Waals surface area contributed by atoms with Gasteiger partial charge in [-0.05, 0) is 155 Å². The standard InChI is InChI=1S/C43H68N4O2/c1-25(2)31-15-20-43(38(49)47-28-11-12-29(47)24-30(23-28)46-27(5)44-45-37(46)26(3)4)22-21-41(9)32(36(31)43)13-14-34-40(8)18-17-35(48)39(6,7)33(40)16-19-42(34,41)10/h26,28-36,48H,1,11-24H2,2-10H3/t28?,29?,30?,31-,32+,33-,34+,35-,36+,40-,41+,42+,43?/m0/s1. The van der Waals surface area contributed by atoms with E-state index in [-0.39, 0.29) is 33.2 Å². The SMILES string of the molecule is C=C(C)[C@@H]1CCC2(C(=O)N3C4CCC3CC(n3c(C)nnc3C(C)C)C4)CC[C@]3(C)[C@H](CC[C@@H]4[C@@]5(C)CC[C@H](O)C(C)(C)[C@@H]5CC[C@]43C)[C@@H]12. The van der Waals surface area contributed by atoms with Crippen molar-refractivity contribution in [3.05, 3.63) is 23.8 Å². The number of rotatable bonds is 4. The van der Waals surface area contributed by atoms with Crippen molar-refractivity contribution in [2.75, 3.05) is 0 Å². The summed E-state index contributed by atoms with van der Waals surface area (Å²) >= 11 is 0. The zero-order valence-corrected chi connectivity index (χ0v) is 32.5. The van der Waals surface area contributed by atoms with E-state index in [1.165, 1.54) is 37.7 Å². The summed E-state index contributed by atoms with van der Waals surface area (Å²) in [5.74, 6) is 5.71. The molecule has 12 atom stereocenters. The minimum atomic E-state index is -0.238. The van der Waals surface area contributed by atoms with Crippen LogP contribution in [0.25, 0.3) is 0 Å². The highest BCUT2D eigenvalue weighted by Crippen LogP contribution is 2.77. The third-order valence-electron chi connectivity index (χ3n) is 18.2. The maximum absolute atomic E-state index is 15.5. The number of allylic oxidation sites excluding steroid dienone is 1. The van der Waals surface area contributed by atoms with Crippen molar-refractivity contribution in [2.45, 2.75) is 182 Å². The fourth-order valence-electron chi connectivity index (χ4n) is 15.7. The summed E-state index contributed by atoms with van der Waals surface area (Å²) in [5.41, 5.74) is 1.83. The van der Waals surface area contributed by atoms with Crippen molar-refractivity contribution in [3.63, 3.8) is 0 Å². The van der Waals surface area contributed by atoms with E-state index in [9.17, 15) is 5.11 Å². The highest BCUT2D eigenvalue weighted by Gasteiger charge is 2.72. The van der Waals surface area contributed by atoms with Gasteiger partial charge in [0.25, 0.3) is 0 Å². The highest BCUT2D eigenvalue weighted by atomic mass is 16.3. The van der Waals surface area contributed by atoms with Crippen LogP contribution in [0.5, 0.6) is 0 Å². The van der Waals surface area contributed by atoms with Crippen LogP contribution in [-0.4, -0.2) is 48.9 Å². The number of carbonyl (C=O) groups excluding carboxylic acids is 1. The first kappa shape index (κ1) is 34.4. The molecule has 2 bridgehead atoms. The molecule has 6 nitrogen and oxygen atoms in total. The van der Waals surface area contributed by atoms with Crippen LogP contribution in [0.1, 0.15) is 169 Å². The van der Waals surface area contributed by atoms with Gasteiger partial charge in [0.2, 0.25) is 5.91 Å². The number of hydrogen-bond donors (Lipinski definition) is 1. The first-order chi connectivity index (χ1) is 23.0. The molecule has 1 aromatic rings. The minimum absolute atomic E-state index is 0.0209. The molecule has 1 amide bonds. The van der Waals surface area contributed by atoms with Crippen molar-refractivity contribution < 1.29 is 9.90 Å². The summed E-state index contributed by atoms with van der Waals surface area (Å²) in [6.45, 7) is 26.2. The number of nitrogens with zero attached hydrogens (tertiary/aromatic N) is 4. The quantitative estimate of drug-likeness (QED) is 0.324. The number of piperidine rings is 1. The predicted octanol–water partition coefficient (Wildman–Crippen LogP) is 9.42. The Labute approximate surface area is 297 Å². The molecular formula is C43H68N4O2. The first-order valence-electron chi connectivity index (χ1n) is 20.6. The van der Waals surface area contributed by atoms with Crippen molar-refractivity contribution in [2.24, 2.45) is 56.7 Å². The van der Waals surface area contributed by atoms with E-state index in [0.29, 0.717) is 59.5 Å². The Bertz CT molecular complexity index is 1500. The Hall–Kier alpha value is -1.69. The third-order valence-corrected chi connectivity index (χ3v) is 18.2. The Balaban J connectivity index is 1.11. The van der Waals surface area contributed by atoms with Crippen molar-refractivity contribution in [1.82, 2.24) is 19.7 Å². The number of aryl methyl sites for hydroxylation is 1. The Morgan fingerprint density at radius 1 is 0.816 bits per heavy atom. The van der Waals surface area contributed by atoms with Gasteiger partial charge in [0.05, 0.1) is 11.5 Å². The monoisotopic (exact) mass is 673 g/mol. The van der Waals surface area contributed by atoms with Crippen LogP contribution in [0.15, 0.2) is 12.2 Å². The number of aliphatic hydroxyl groups excluding tert-OH is 1. The average molecular weight is 673 g/mol. The molecule has 5 saturated carbocycles. The summed E-state index contributed by atoms with van der Waals surface area (Å²) < 4.78 is 2.43. The molecule has 0 aromatic carbocycles. The van der Waals surface area contributed by atoms with Crippen LogP contribution < -0.4 is 0 Å². The summed E-state index contributed by atoms with van der Waals surface area (Å²) in [4.78, 5) is 18.0. The average Bonchev–Trinajstić information content (AvgIpc) is 3.71. The van der Waals surface area contributed by atoms with E-state index in [1.54, 1.807) is 0 Å². The van der Waals surface area contributed by atoms with Gasteiger partial charge in [0, 0.05) is 24.0 Å². The lowest BCUT2D eigenvalue weighted by atomic mass is 9.32. The van der Waals surface area contributed by atoms with E-state index >= 15 is 4.79 Å². The van der Waals surface area contributed by atoms with Crippen molar-refractivity contribution in [3.8, 4) is 0 Å². The molecule has 8 rings (SSSR count). The van der Waals surface area contributed by atoms with Gasteiger partial charge in [-0.2, -0.15) is 0 Å². The fraction of sp³-hybridized carbons (Fsp3) is 0.884. The molecule has 2 saturated heterocycles. The minimum Gasteiger partial charge on any atom is -0.393 e. The lowest BCUT2D eigenvalue weighted by Crippen LogP contribution is -2.67. The molecule has 0 radical (unpaired) electrons. The Morgan fingerprint density at radius 2 is 1.51 bits per heavy atom. The molecule has 1 aromatic heterocycles. The van der Waals surface area contributed by atoms with Gasteiger partial charge in [0.1, 0.15) is 11.6 Å². The van der Waals surface area contributed by atoms with Gasteiger partial charge in [0.15, 0.2) is 0 Å². The van der Waals surface area contributed by atoms with Gasteiger partial charge in [-0.3, -0.25) is 4.79 Å². The topological polar surface area (TPSA) is 71.2 Å². The summed E-state index contributed by atoms with van der Waals surface area (Å²) in [6.07, 6.45) is 15.7. The molecule has 3 heterocycles. The van der Waals surface area contributed by atoms with E-state index in [4.69, 9.17) is 0 Å². The lowest BCUT2D eigenvalue weighted by molar-refractivity contribution is -0.247. The van der Waals surface area contributed by atoms with Crippen LogP contribution in [0, 0.1) is 63.6 Å². The van der Waals surface area contributed by atoms with E-state index in [2.05, 4.69) is 88.6 Å². The number of carbonyl (C=O) groups is 1. The molecular weight excluding hydrogens is 604 g/mol. The smallest absolute Gasteiger partial charge is 0.229 e. The molecule has 0 spiro atoms. The van der Waals surface area contributed by atoms with Crippen molar-refractivity contribution in [1.29, 1.82) is 0 Å². The summed E-state index contributed by atoms with van der Waals surface area (Å²) in [5, 5.41) is 20.3. The molecule has 2 aliphatic heterocycles. The molecule has 3 unspecified atom stereocenters. The van der Waals surface area contributed by atoms with Crippen LogP contribution in [0.3, 0.4) is 0 Å². The van der Waals surface area contributed by atoms with Gasteiger partial charge >= 0.3 is 0 Å². The fourth-order valence-corrected chi connectivity index (χ4v) is 15.7. The Kier molecular flexibility index (Phi) is 7.83. The van der Waals surface area contributed by atoms with Crippen LogP contribution in [0.4, 0.5) is 0 Å². The normalized spacial score (nSPS) is 48.5. The maximum atomic E-state index is 15.5. The number of aliphatic hydroxyl groups is 1. The number of aromatic nitrogens is 3. The molecule has 6 heteroatoms. The van der Waals surface area contributed by atoms with Crippen LogP contribution >= 0.6 is 0 Å². The van der Waals surface area contributed by atoms with Gasteiger partial charge in [-0.15, -0.1) is 10.2 Å². The Morgan fingerprint density at radius 3 is 2.16 bits per heavy atom.